The van der Waals surface area contributed by atoms with E-state index >= 15 is 0 Å². The summed E-state index contributed by atoms with van der Waals surface area (Å²) >= 11 is 0. The van der Waals surface area contributed by atoms with Gasteiger partial charge in [0.1, 0.15) is 6.04 Å². The number of carboxylic acid groups (broad SMARTS) is 1. The van der Waals surface area contributed by atoms with Crippen LogP contribution in [0.15, 0.2) is 0 Å². The predicted octanol–water partition coefficient (Wildman–Crippen LogP) is 1.19. The molecule has 0 unspecified atom stereocenters. The second-order valence-corrected chi connectivity index (χ2v) is 5.42. The quantitative estimate of drug-likeness (QED) is 0.677. The number of nitrogens with zero attached hydrogens (tertiary/aromatic N) is 1. The summed E-state index contributed by atoms with van der Waals surface area (Å²) in [5.74, 6) is -1.02. The van der Waals surface area contributed by atoms with E-state index < -0.39 is 23.6 Å². The molecule has 1 fully saturated rings. The van der Waals surface area contributed by atoms with Crippen molar-refractivity contribution in [3.63, 3.8) is 0 Å². The van der Waals surface area contributed by atoms with E-state index in [9.17, 15) is 14.7 Å². The fourth-order valence-corrected chi connectivity index (χ4v) is 2.51. The van der Waals surface area contributed by atoms with Gasteiger partial charge in [0.25, 0.3) is 0 Å². The Balaban J connectivity index is 2.49. The number of likely N-dealkylation sites (N-methyl/N-ethyl adjacent to an activating group) is 1. The molecular weight excluding hydrogens is 248 g/mol. The molecule has 0 bridgehead atoms. The van der Waals surface area contributed by atoms with Gasteiger partial charge in [-0.05, 0) is 19.3 Å². The summed E-state index contributed by atoms with van der Waals surface area (Å²) in [6.45, 7) is 2.12. The lowest BCUT2D eigenvalue weighted by atomic mass is 10.0. The van der Waals surface area contributed by atoms with Gasteiger partial charge in [0.2, 0.25) is 0 Å². The van der Waals surface area contributed by atoms with Crippen LogP contribution in [0.4, 0.5) is 4.79 Å². The highest BCUT2D eigenvalue weighted by molar-refractivity contribution is 5.82. The van der Waals surface area contributed by atoms with Gasteiger partial charge in [-0.2, -0.15) is 0 Å². The van der Waals surface area contributed by atoms with Gasteiger partial charge in [-0.25, -0.2) is 9.59 Å². The third-order valence-electron chi connectivity index (χ3n) is 3.59. The van der Waals surface area contributed by atoms with E-state index in [1.54, 1.807) is 7.05 Å². The van der Waals surface area contributed by atoms with E-state index in [0.29, 0.717) is 25.7 Å². The first-order valence-electron chi connectivity index (χ1n) is 6.85. The van der Waals surface area contributed by atoms with E-state index in [2.05, 4.69) is 5.32 Å². The number of urea groups is 1. The summed E-state index contributed by atoms with van der Waals surface area (Å²) in [6, 6.07) is -1.31. The van der Waals surface area contributed by atoms with Crippen LogP contribution in [0.2, 0.25) is 0 Å². The van der Waals surface area contributed by atoms with Crippen molar-refractivity contribution in [2.75, 3.05) is 13.6 Å². The second kappa shape index (κ2) is 6.75. The number of hydrogen-bond acceptors (Lipinski definition) is 3. The fraction of sp³-hybridized carbons (Fsp3) is 0.846. The molecule has 0 aromatic rings. The largest absolute Gasteiger partial charge is 0.480 e. The Morgan fingerprint density at radius 1 is 1.37 bits per heavy atom. The number of nitrogens with one attached hydrogen (secondary N) is 1. The molecule has 0 saturated heterocycles. The van der Waals surface area contributed by atoms with E-state index in [-0.39, 0.29) is 6.54 Å². The molecule has 0 heterocycles. The number of rotatable bonds is 6. The van der Waals surface area contributed by atoms with Gasteiger partial charge in [-0.1, -0.05) is 26.2 Å². The summed E-state index contributed by atoms with van der Waals surface area (Å²) in [7, 11) is 1.58. The van der Waals surface area contributed by atoms with Gasteiger partial charge in [-0.3, -0.25) is 0 Å². The minimum atomic E-state index is -1.02. The van der Waals surface area contributed by atoms with Crippen molar-refractivity contribution >= 4 is 12.0 Å². The van der Waals surface area contributed by atoms with Crippen molar-refractivity contribution < 1.29 is 19.8 Å². The lowest BCUT2D eigenvalue weighted by molar-refractivity contribution is -0.139. The average molecular weight is 272 g/mol. The van der Waals surface area contributed by atoms with Crippen LogP contribution in [-0.2, 0) is 4.79 Å². The molecule has 1 aliphatic rings. The van der Waals surface area contributed by atoms with Crippen LogP contribution in [0.1, 0.15) is 45.4 Å². The monoisotopic (exact) mass is 272 g/mol. The third kappa shape index (κ3) is 4.70. The minimum Gasteiger partial charge on any atom is -0.480 e. The number of carbonyl (C=O) groups excluding carboxylic acids is 1. The number of hydrogen-bond donors (Lipinski definition) is 3. The molecule has 110 valence electrons. The van der Waals surface area contributed by atoms with E-state index in [0.717, 1.165) is 12.8 Å². The highest BCUT2D eigenvalue weighted by Crippen LogP contribution is 2.29. The summed E-state index contributed by atoms with van der Waals surface area (Å²) in [6.07, 6.45) is 4.42. The standard InChI is InChI=1S/C13H24N2O4/c1-3-6-10(11(16)17)14-12(18)15(2)9-13(19)7-4-5-8-13/h10,19H,3-9H2,1-2H3,(H,14,18)(H,16,17)/t10-/m1/s1. The summed E-state index contributed by atoms with van der Waals surface area (Å²) in [4.78, 5) is 24.2. The molecule has 1 rings (SSSR count). The molecule has 0 aliphatic heterocycles. The number of aliphatic carboxylic acids is 1. The van der Waals surface area contributed by atoms with Crippen LogP contribution in [0, 0.1) is 0 Å². The molecule has 0 spiro atoms. The van der Waals surface area contributed by atoms with Gasteiger partial charge in [0.15, 0.2) is 0 Å². The molecule has 19 heavy (non-hydrogen) atoms. The highest BCUT2D eigenvalue weighted by atomic mass is 16.4. The molecule has 0 radical (unpaired) electrons. The molecule has 1 saturated carbocycles. The summed E-state index contributed by atoms with van der Waals surface area (Å²) in [5, 5.41) is 21.7. The second-order valence-electron chi connectivity index (χ2n) is 5.42. The van der Waals surface area contributed by atoms with Crippen LogP contribution >= 0.6 is 0 Å². The van der Waals surface area contributed by atoms with E-state index in [1.807, 2.05) is 6.92 Å². The predicted molar refractivity (Wildman–Crippen MR) is 70.9 cm³/mol. The van der Waals surface area contributed by atoms with Gasteiger partial charge in [-0.15, -0.1) is 0 Å². The molecule has 1 atom stereocenters. The first kappa shape index (κ1) is 15.8. The third-order valence-corrected chi connectivity index (χ3v) is 3.59. The zero-order valence-corrected chi connectivity index (χ0v) is 11.7. The smallest absolute Gasteiger partial charge is 0.326 e. The minimum absolute atomic E-state index is 0.247. The number of carboxylic acids is 1. The van der Waals surface area contributed by atoms with Crippen LogP contribution in [0.25, 0.3) is 0 Å². The van der Waals surface area contributed by atoms with Gasteiger partial charge in [0.05, 0.1) is 12.1 Å². The van der Waals surface area contributed by atoms with Crippen LogP contribution in [0.5, 0.6) is 0 Å². The van der Waals surface area contributed by atoms with Crippen molar-refractivity contribution in [3.8, 4) is 0 Å². The van der Waals surface area contributed by atoms with Crippen molar-refractivity contribution in [1.82, 2.24) is 10.2 Å². The summed E-state index contributed by atoms with van der Waals surface area (Å²) in [5.41, 5.74) is -0.810. The van der Waals surface area contributed by atoms with E-state index in [1.165, 1.54) is 4.90 Å². The molecule has 0 aromatic heterocycles. The van der Waals surface area contributed by atoms with Crippen molar-refractivity contribution in [3.05, 3.63) is 0 Å². The summed E-state index contributed by atoms with van der Waals surface area (Å²) < 4.78 is 0. The Morgan fingerprint density at radius 2 is 1.95 bits per heavy atom. The van der Waals surface area contributed by atoms with Gasteiger partial charge >= 0.3 is 12.0 Å². The lowest BCUT2D eigenvalue weighted by Gasteiger charge is -2.29. The van der Waals surface area contributed by atoms with Crippen LogP contribution in [0.3, 0.4) is 0 Å². The van der Waals surface area contributed by atoms with Crippen molar-refractivity contribution in [1.29, 1.82) is 0 Å². The van der Waals surface area contributed by atoms with Crippen LogP contribution < -0.4 is 5.32 Å². The number of carbonyl (C=O) groups is 2. The number of aliphatic hydroxyl groups is 1. The zero-order chi connectivity index (χ0) is 14.5. The first-order chi connectivity index (χ1) is 8.88. The molecule has 0 aromatic carbocycles. The fourth-order valence-electron chi connectivity index (χ4n) is 2.51. The SMILES string of the molecule is CCC[C@@H](NC(=O)N(C)CC1(O)CCCC1)C(=O)O. The molecule has 2 amide bonds. The van der Waals surface area contributed by atoms with Crippen molar-refractivity contribution in [2.45, 2.75) is 57.1 Å². The molecule has 6 heteroatoms. The van der Waals surface area contributed by atoms with E-state index in [4.69, 9.17) is 5.11 Å². The normalized spacial score (nSPS) is 18.9. The zero-order valence-electron chi connectivity index (χ0n) is 11.7. The van der Waals surface area contributed by atoms with Crippen LogP contribution in [-0.4, -0.2) is 52.3 Å². The molecule has 1 aliphatic carbocycles. The van der Waals surface area contributed by atoms with Crippen molar-refractivity contribution in [2.24, 2.45) is 0 Å². The molecule has 6 nitrogen and oxygen atoms in total. The lowest BCUT2D eigenvalue weighted by Crippen LogP contribution is -2.50. The molecular formula is C13H24N2O4. The highest BCUT2D eigenvalue weighted by Gasteiger charge is 2.34. The Morgan fingerprint density at radius 3 is 2.42 bits per heavy atom. The Kier molecular flexibility index (Phi) is 5.60. The Bertz CT molecular complexity index is 327. The Labute approximate surface area is 113 Å². The van der Waals surface area contributed by atoms with Gasteiger partial charge in [0, 0.05) is 7.05 Å². The maximum atomic E-state index is 11.9. The van der Waals surface area contributed by atoms with Gasteiger partial charge < -0.3 is 20.4 Å². The topological polar surface area (TPSA) is 89.9 Å². The number of amides is 2. The first-order valence-corrected chi connectivity index (χ1v) is 6.85. The Hall–Kier alpha value is -1.30. The average Bonchev–Trinajstić information content (AvgIpc) is 2.74. The maximum absolute atomic E-state index is 11.9. The maximum Gasteiger partial charge on any atom is 0.326 e. The molecule has 3 N–H and O–H groups in total.